The fourth-order valence-corrected chi connectivity index (χ4v) is 6.23. The Morgan fingerprint density at radius 1 is 0.800 bits per heavy atom. The normalized spacial score (nSPS) is 14.3. The van der Waals surface area contributed by atoms with Gasteiger partial charge in [0.1, 0.15) is 35.1 Å². The quantitative estimate of drug-likeness (QED) is 0.159. The molecule has 0 saturated carbocycles. The standard InChI is InChI=1S/C30H34N4O4S2/c1-7-11-13-19(9-3)17-35-22-24-26(39-29(37-24)21(15-31)16-32)23(36-18-20(10-4)14-12-8-2)25-27(22)40-30(38-25)28(33-5)34-6/h19-20H,7-14,17-18H2,1-4H3. The number of ether oxygens (including phenoxy) is 4. The van der Waals surface area contributed by atoms with Crippen molar-refractivity contribution in [1.29, 1.82) is 10.5 Å². The predicted octanol–water partition coefficient (Wildman–Crippen LogP) is 9.07. The summed E-state index contributed by atoms with van der Waals surface area (Å²) in [5.41, 5.74) is -0.139. The molecule has 0 N–H and O–H groups in total. The molecule has 1 aromatic rings. The molecule has 0 saturated heterocycles. The van der Waals surface area contributed by atoms with Gasteiger partial charge in [0.2, 0.25) is 0 Å². The number of rotatable bonds is 14. The lowest BCUT2D eigenvalue weighted by molar-refractivity contribution is 0.208. The van der Waals surface area contributed by atoms with Crippen LogP contribution in [-0.4, -0.2) is 13.2 Å². The van der Waals surface area contributed by atoms with Crippen molar-refractivity contribution in [2.45, 2.75) is 88.9 Å². The lowest BCUT2D eigenvalue weighted by Gasteiger charge is -2.21. The summed E-state index contributed by atoms with van der Waals surface area (Å²) in [6.45, 7) is 24.4. The molecule has 0 radical (unpaired) electrons. The van der Waals surface area contributed by atoms with Crippen molar-refractivity contribution < 1.29 is 18.9 Å². The van der Waals surface area contributed by atoms with Crippen molar-refractivity contribution >= 4 is 23.5 Å². The monoisotopic (exact) mass is 578 g/mol. The second kappa shape index (κ2) is 15.4. The van der Waals surface area contributed by atoms with E-state index < -0.39 is 0 Å². The molecular formula is C30H34N4O4S2. The van der Waals surface area contributed by atoms with Gasteiger partial charge in [-0.1, -0.05) is 66.2 Å². The molecule has 0 aromatic heterocycles. The van der Waals surface area contributed by atoms with E-state index in [0.29, 0.717) is 57.8 Å². The summed E-state index contributed by atoms with van der Waals surface area (Å²) in [6.07, 6.45) is 8.33. The molecule has 2 heterocycles. The Bertz CT molecular complexity index is 1150. The Kier molecular flexibility index (Phi) is 12.0. The van der Waals surface area contributed by atoms with E-state index in [1.807, 2.05) is 12.1 Å². The summed E-state index contributed by atoms with van der Waals surface area (Å²) < 4.78 is 25.1. The maximum atomic E-state index is 9.52. The molecule has 210 valence electrons. The summed E-state index contributed by atoms with van der Waals surface area (Å²) in [5.74, 6) is 2.05. The highest BCUT2D eigenvalue weighted by Crippen LogP contribution is 2.65. The first-order valence-corrected chi connectivity index (χ1v) is 15.4. The van der Waals surface area contributed by atoms with Gasteiger partial charge in [-0.05, 0) is 48.2 Å². The summed E-state index contributed by atoms with van der Waals surface area (Å²) in [5, 5.41) is 19.4. The van der Waals surface area contributed by atoms with Gasteiger partial charge in [-0.2, -0.15) is 10.5 Å². The fraction of sp³-hybridized carbons (Fsp3) is 0.533. The molecule has 8 nitrogen and oxygen atoms in total. The Labute approximate surface area is 245 Å². The number of fused-ring (bicyclic) bond motifs is 2. The molecule has 0 spiro atoms. The molecule has 2 aliphatic heterocycles. The lowest BCUT2D eigenvalue weighted by Crippen LogP contribution is -2.13. The van der Waals surface area contributed by atoms with E-state index in [1.54, 1.807) is 0 Å². The zero-order valence-electron chi connectivity index (χ0n) is 23.5. The first-order chi connectivity index (χ1) is 19.5. The van der Waals surface area contributed by atoms with E-state index in [2.05, 4.69) is 37.4 Å². The van der Waals surface area contributed by atoms with Crippen LogP contribution in [0, 0.1) is 47.6 Å². The highest BCUT2D eigenvalue weighted by atomic mass is 32.2. The van der Waals surface area contributed by atoms with Crippen LogP contribution in [0.5, 0.6) is 23.0 Å². The predicted molar refractivity (Wildman–Crippen MR) is 155 cm³/mol. The van der Waals surface area contributed by atoms with Crippen LogP contribution in [0.25, 0.3) is 9.69 Å². The third-order valence-corrected chi connectivity index (χ3v) is 8.93. The Morgan fingerprint density at radius 3 is 1.65 bits per heavy atom. The van der Waals surface area contributed by atoms with Crippen LogP contribution in [-0.2, 0) is 0 Å². The Morgan fingerprint density at radius 2 is 1.25 bits per heavy atom. The lowest BCUT2D eigenvalue weighted by atomic mass is 10.0. The average molecular weight is 579 g/mol. The largest absolute Gasteiger partial charge is 0.569 e. The van der Waals surface area contributed by atoms with Gasteiger partial charge in [-0.15, -0.1) is 9.69 Å². The number of thioether (sulfide) groups is 2. The molecule has 10 heteroatoms. The molecule has 1 aromatic carbocycles. The smallest absolute Gasteiger partial charge is 0.488 e. The maximum Gasteiger partial charge on any atom is 0.569 e. The summed E-state index contributed by atoms with van der Waals surface area (Å²) in [6, 6.07) is 3.82. The zero-order chi connectivity index (χ0) is 29.1. The third kappa shape index (κ3) is 7.00. The zero-order valence-corrected chi connectivity index (χ0v) is 25.1. The van der Waals surface area contributed by atoms with Crippen LogP contribution in [0.3, 0.4) is 0 Å². The van der Waals surface area contributed by atoms with Crippen molar-refractivity contribution in [2.24, 2.45) is 11.8 Å². The number of hydrogen-bond donors (Lipinski definition) is 0. The van der Waals surface area contributed by atoms with E-state index in [-0.39, 0.29) is 21.6 Å². The number of allylic oxidation sites excluding steroid dienone is 1. The minimum absolute atomic E-state index is 0.139. The number of nitrogens with zero attached hydrogens (tertiary/aromatic N) is 4. The van der Waals surface area contributed by atoms with Gasteiger partial charge in [0.05, 0.1) is 13.2 Å². The number of nitriles is 2. The molecular weight excluding hydrogens is 544 g/mol. The number of benzene rings is 1. The van der Waals surface area contributed by atoms with Gasteiger partial charge >= 0.3 is 5.82 Å². The summed E-state index contributed by atoms with van der Waals surface area (Å²) in [7, 11) is 0. The molecule has 0 aliphatic carbocycles. The maximum absolute atomic E-state index is 9.52. The summed E-state index contributed by atoms with van der Waals surface area (Å²) >= 11 is 2.28. The van der Waals surface area contributed by atoms with E-state index in [9.17, 15) is 10.5 Å². The van der Waals surface area contributed by atoms with Crippen LogP contribution in [0.2, 0.25) is 0 Å². The van der Waals surface area contributed by atoms with E-state index >= 15 is 0 Å². The molecule has 2 atom stereocenters. The molecule has 40 heavy (non-hydrogen) atoms. The average Bonchev–Trinajstić information content (AvgIpc) is 3.60. The van der Waals surface area contributed by atoms with Crippen LogP contribution < -0.4 is 18.9 Å². The first-order valence-electron chi connectivity index (χ1n) is 13.7. The highest BCUT2D eigenvalue weighted by molar-refractivity contribution is 8.04. The number of unbranched alkanes of at least 4 members (excludes halogenated alkanes) is 2. The van der Waals surface area contributed by atoms with Crippen molar-refractivity contribution in [2.75, 3.05) is 13.2 Å². The minimum atomic E-state index is -0.174. The van der Waals surface area contributed by atoms with Gasteiger partial charge in [0.15, 0.2) is 33.7 Å². The van der Waals surface area contributed by atoms with Gasteiger partial charge in [0, 0.05) is 0 Å². The topological polar surface area (TPSA) is 93.2 Å². The molecule has 2 unspecified atom stereocenters. The van der Waals surface area contributed by atoms with Crippen molar-refractivity contribution in [3.8, 4) is 35.1 Å². The molecule has 0 bridgehead atoms. The van der Waals surface area contributed by atoms with Crippen LogP contribution >= 0.6 is 23.5 Å². The Hall–Kier alpha value is -3.44. The van der Waals surface area contributed by atoms with Crippen molar-refractivity contribution in [1.82, 2.24) is 0 Å². The van der Waals surface area contributed by atoms with E-state index in [1.165, 1.54) is 0 Å². The molecule has 0 fully saturated rings. The Balaban J connectivity index is 2.15. The van der Waals surface area contributed by atoms with Crippen LogP contribution in [0.4, 0.5) is 0 Å². The van der Waals surface area contributed by atoms with Crippen molar-refractivity contribution in [3.63, 3.8) is 0 Å². The molecule has 2 aliphatic rings. The van der Waals surface area contributed by atoms with E-state index in [4.69, 9.17) is 32.1 Å². The van der Waals surface area contributed by atoms with E-state index in [0.717, 1.165) is 74.9 Å². The molecule has 3 rings (SSSR count). The van der Waals surface area contributed by atoms with Gasteiger partial charge in [-0.3, -0.25) is 0 Å². The SMILES string of the molecule is [C-]#[N+]C([N+]#[C-])=C1Oc2c(OCC(CC)CCCC)c3c(c(OCC(CC)CCCC)c2S1)OC(=C(C#N)C#N)S3. The second-order valence-corrected chi connectivity index (χ2v) is 11.5. The van der Waals surface area contributed by atoms with Gasteiger partial charge < -0.3 is 18.9 Å². The fourth-order valence-electron chi connectivity index (χ4n) is 4.29. The van der Waals surface area contributed by atoms with Gasteiger partial charge in [0.25, 0.3) is 5.09 Å². The van der Waals surface area contributed by atoms with Crippen LogP contribution in [0.15, 0.2) is 31.4 Å². The molecule has 0 amide bonds. The third-order valence-electron chi connectivity index (χ3n) is 6.85. The minimum Gasteiger partial charge on any atom is -0.488 e. The van der Waals surface area contributed by atoms with Crippen LogP contribution in [0.1, 0.15) is 79.1 Å². The highest BCUT2D eigenvalue weighted by Gasteiger charge is 2.42. The second-order valence-electron chi connectivity index (χ2n) is 9.56. The summed E-state index contributed by atoms with van der Waals surface area (Å²) in [4.78, 5) is 7.81. The number of hydrogen-bond acceptors (Lipinski definition) is 8. The van der Waals surface area contributed by atoms with Gasteiger partial charge in [-0.25, -0.2) is 0 Å². The van der Waals surface area contributed by atoms with Crippen molar-refractivity contribution in [3.05, 3.63) is 44.4 Å². The first kappa shape index (κ1) is 31.1.